The molecule has 1 N–H and O–H groups in total. The molecule has 0 aliphatic carbocycles. The van der Waals surface area contributed by atoms with Gasteiger partial charge in [-0.05, 0) is 43.0 Å². The zero-order valence-corrected chi connectivity index (χ0v) is 15.8. The molecule has 0 spiro atoms. The molecule has 0 saturated heterocycles. The number of amides is 1. The van der Waals surface area contributed by atoms with Gasteiger partial charge < -0.3 is 5.32 Å². The van der Waals surface area contributed by atoms with Crippen LogP contribution in [0.5, 0.6) is 0 Å². The molecule has 1 aliphatic heterocycles. The summed E-state index contributed by atoms with van der Waals surface area (Å²) in [6, 6.07) is 9.13. The molecule has 4 rings (SSSR count). The lowest BCUT2D eigenvalue weighted by atomic mass is 9.91. The molecule has 2 unspecified atom stereocenters. The Morgan fingerprint density at radius 3 is 2.92 bits per heavy atom. The standard InChI is InChI=1S/C18H16ClN5OS/c1-10-5-6-12(19)8-13(10)23-17(25)15-11(2)22-18-20-9-21-24(18)16(15)14-4-3-7-26-14/h3-9,15-16H,1-2H3,(H,23,25). The van der Waals surface area contributed by atoms with Crippen molar-refractivity contribution in [2.45, 2.75) is 19.9 Å². The lowest BCUT2D eigenvalue weighted by Gasteiger charge is -2.29. The van der Waals surface area contributed by atoms with Gasteiger partial charge in [-0.3, -0.25) is 4.79 Å². The molecule has 1 amide bonds. The number of halogens is 1. The summed E-state index contributed by atoms with van der Waals surface area (Å²) in [5.74, 6) is -0.110. The Kier molecular flexibility index (Phi) is 4.34. The molecule has 8 heteroatoms. The Morgan fingerprint density at radius 1 is 1.31 bits per heavy atom. The van der Waals surface area contributed by atoms with E-state index in [9.17, 15) is 4.79 Å². The molecule has 2 atom stereocenters. The topological polar surface area (TPSA) is 72.2 Å². The number of carbonyl (C=O) groups excluding carboxylic acids is 1. The Balaban J connectivity index is 1.73. The second-order valence-corrected chi connectivity index (χ2v) is 7.56. The number of rotatable bonds is 3. The molecule has 0 fully saturated rings. The number of aryl methyl sites for hydroxylation is 1. The van der Waals surface area contributed by atoms with Gasteiger partial charge in [0.15, 0.2) is 0 Å². The highest BCUT2D eigenvalue weighted by atomic mass is 35.5. The zero-order chi connectivity index (χ0) is 18.3. The molecular weight excluding hydrogens is 370 g/mol. The lowest BCUT2D eigenvalue weighted by molar-refractivity contribution is -0.118. The number of thiophene rings is 1. The maximum Gasteiger partial charge on any atom is 0.248 e. The molecule has 6 nitrogen and oxygen atoms in total. The average molecular weight is 386 g/mol. The Morgan fingerprint density at radius 2 is 2.15 bits per heavy atom. The van der Waals surface area contributed by atoms with Crippen LogP contribution in [0.1, 0.15) is 23.4 Å². The van der Waals surface area contributed by atoms with Crippen molar-refractivity contribution < 1.29 is 4.79 Å². The van der Waals surface area contributed by atoms with E-state index in [4.69, 9.17) is 11.6 Å². The number of hydrogen-bond donors (Lipinski definition) is 1. The summed E-state index contributed by atoms with van der Waals surface area (Å²) in [5.41, 5.74) is 2.35. The normalized spacial score (nSPS) is 19.0. The second kappa shape index (κ2) is 6.66. The van der Waals surface area contributed by atoms with Gasteiger partial charge in [0.2, 0.25) is 11.9 Å². The van der Waals surface area contributed by atoms with Gasteiger partial charge in [0.1, 0.15) is 18.3 Å². The molecular formula is C18H16ClN5OS. The minimum atomic E-state index is -0.485. The van der Waals surface area contributed by atoms with Crippen molar-refractivity contribution in [1.29, 1.82) is 0 Å². The molecule has 0 bridgehead atoms. The number of fused-ring (bicyclic) bond motifs is 1. The minimum absolute atomic E-state index is 0.142. The van der Waals surface area contributed by atoms with Gasteiger partial charge in [0, 0.05) is 21.3 Å². The number of anilines is 1. The molecule has 132 valence electrons. The van der Waals surface area contributed by atoms with Crippen molar-refractivity contribution in [2.75, 3.05) is 5.32 Å². The van der Waals surface area contributed by atoms with Crippen LogP contribution in [0.25, 0.3) is 0 Å². The van der Waals surface area contributed by atoms with Gasteiger partial charge in [0.05, 0.1) is 0 Å². The van der Waals surface area contributed by atoms with Gasteiger partial charge >= 0.3 is 0 Å². The third-order valence-corrected chi connectivity index (χ3v) is 5.61. The monoisotopic (exact) mass is 385 g/mol. The summed E-state index contributed by atoms with van der Waals surface area (Å²) in [4.78, 5) is 22.9. The Bertz CT molecular complexity index is 995. The molecule has 3 heterocycles. The molecule has 0 radical (unpaired) electrons. The molecule has 2 aromatic heterocycles. The quantitative estimate of drug-likeness (QED) is 0.732. The van der Waals surface area contributed by atoms with Crippen LogP contribution in [0.2, 0.25) is 5.02 Å². The summed E-state index contributed by atoms with van der Waals surface area (Å²) >= 11 is 7.67. The van der Waals surface area contributed by atoms with Crippen LogP contribution < -0.4 is 5.32 Å². The van der Waals surface area contributed by atoms with Crippen molar-refractivity contribution >= 4 is 46.2 Å². The lowest BCUT2D eigenvalue weighted by Crippen LogP contribution is -2.38. The van der Waals surface area contributed by atoms with E-state index in [1.54, 1.807) is 28.2 Å². The summed E-state index contributed by atoms with van der Waals surface area (Å²) < 4.78 is 1.72. The van der Waals surface area contributed by atoms with Crippen LogP contribution in [0.4, 0.5) is 11.6 Å². The first-order valence-corrected chi connectivity index (χ1v) is 9.35. The Hall–Kier alpha value is -2.51. The number of nitrogens with one attached hydrogen (secondary N) is 1. The molecule has 1 aromatic carbocycles. The zero-order valence-electron chi connectivity index (χ0n) is 14.2. The number of benzene rings is 1. The summed E-state index contributed by atoms with van der Waals surface area (Å²) in [5, 5.41) is 9.88. The third-order valence-electron chi connectivity index (χ3n) is 4.43. The van der Waals surface area contributed by atoms with Gasteiger partial charge in [-0.2, -0.15) is 10.1 Å². The van der Waals surface area contributed by atoms with E-state index in [0.717, 1.165) is 10.4 Å². The van der Waals surface area contributed by atoms with E-state index in [-0.39, 0.29) is 11.9 Å². The summed E-state index contributed by atoms with van der Waals surface area (Å²) in [7, 11) is 0. The van der Waals surface area contributed by atoms with Crippen LogP contribution >= 0.6 is 22.9 Å². The maximum absolute atomic E-state index is 13.2. The van der Waals surface area contributed by atoms with E-state index in [0.29, 0.717) is 22.4 Å². The molecule has 3 aromatic rings. The smallest absolute Gasteiger partial charge is 0.248 e. The van der Waals surface area contributed by atoms with Gasteiger partial charge in [0.25, 0.3) is 0 Å². The summed E-state index contributed by atoms with van der Waals surface area (Å²) in [6.45, 7) is 3.79. The fourth-order valence-corrected chi connectivity index (χ4v) is 4.15. The van der Waals surface area contributed by atoms with Crippen molar-refractivity contribution in [3.8, 4) is 0 Å². The van der Waals surface area contributed by atoms with Crippen molar-refractivity contribution in [1.82, 2.24) is 14.8 Å². The largest absolute Gasteiger partial charge is 0.325 e. The van der Waals surface area contributed by atoms with Gasteiger partial charge in [-0.15, -0.1) is 11.3 Å². The molecule has 26 heavy (non-hydrogen) atoms. The first kappa shape index (κ1) is 16.9. The average Bonchev–Trinajstić information content (AvgIpc) is 3.28. The van der Waals surface area contributed by atoms with Crippen LogP contribution in [-0.4, -0.2) is 26.4 Å². The fraction of sp³-hybridized carbons (Fsp3) is 0.222. The number of carbonyl (C=O) groups is 1. The highest BCUT2D eigenvalue weighted by Gasteiger charge is 2.39. The van der Waals surface area contributed by atoms with E-state index in [1.165, 1.54) is 6.33 Å². The highest BCUT2D eigenvalue weighted by Crippen LogP contribution is 2.37. The van der Waals surface area contributed by atoms with Crippen LogP contribution in [0.3, 0.4) is 0 Å². The first-order valence-electron chi connectivity index (χ1n) is 8.09. The Labute approximate surface area is 159 Å². The number of nitrogens with zero attached hydrogens (tertiary/aromatic N) is 4. The van der Waals surface area contributed by atoms with E-state index in [1.807, 2.05) is 37.4 Å². The number of aliphatic imine (C=N–C) groups is 1. The minimum Gasteiger partial charge on any atom is -0.325 e. The fourth-order valence-electron chi connectivity index (χ4n) is 3.13. The van der Waals surface area contributed by atoms with Crippen LogP contribution in [0, 0.1) is 12.8 Å². The second-order valence-electron chi connectivity index (χ2n) is 6.14. The maximum atomic E-state index is 13.2. The van der Waals surface area contributed by atoms with Crippen molar-refractivity contribution in [3.63, 3.8) is 0 Å². The number of aromatic nitrogens is 3. The van der Waals surface area contributed by atoms with Crippen LogP contribution in [0.15, 0.2) is 47.0 Å². The highest BCUT2D eigenvalue weighted by molar-refractivity contribution is 7.10. The molecule has 0 saturated carbocycles. The SMILES string of the molecule is CC1=Nc2ncnn2C(c2cccs2)C1C(=O)Nc1cc(Cl)ccc1C. The first-order chi connectivity index (χ1) is 12.5. The predicted octanol–water partition coefficient (Wildman–Crippen LogP) is 4.25. The van der Waals surface area contributed by atoms with E-state index < -0.39 is 5.92 Å². The van der Waals surface area contributed by atoms with Gasteiger partial charge in [-0.25, -0.2) is 9.67 Å². The van der Waals surface area contributed by atoms with Crippen molar-refractivity contribution in [2.24, 2.45) is 10.9 Å². The third kappa shape index (κ3) is 2.93. The van der Waals surface area contributed by atoms with Crippen molar-refractivity contribution in [3.05, 3.63) is 57.5 Å². The van der Waals surface area contributed by atoms with Gasteiger partial charge in [-0.1, -0.05) is 23.7 Å². The summed E-state index contributed by atoms with van der Waals surface area (Å²) in [6.07, 6.45) is 1.47. The predicted molar refractivity (Wildman–Crippen MR) is 104 cm³/mol. The number of hydrogen-bond acceptors (Lipinski definition) is 5. The van der Waals surface area contributed by atoms with Crippen LogP contribution in [-0.2, 0) is 4.79 Å². The van der Waals surface area contributed by atoms with E-state index >= 15 is 0 Å². The molecule has 1 aliphatic rings. The van der Waals surface area contributed by atoms with E-state index in [2.05, 4.69) is 20.4 Å².